The quantitative estimate of drug-likeness (QED) is 0.497. The molecule has 0 saturated heterocycles. The number of unbranched alkanes of at least 4 members (excludes halogenated alkanes) is 2. The van der Waals surface area contributed by atoms with Gasteiger partial charge in [-0.3, -0.25) is 0 Å². The van der Waals surface area contributed by atoms with E-state index in [0.717, 1.165) is 11.3 Å². The lowest BCUT2D eigenvalue weighted by Gasteiger charge is -2.13. The molecule has 1 saturated carbocycles. The summed E-state index contributed by atoms with van der Waals surface area (Å²) >= 11 is 0. The van der Waals surface area contributed by atoms with Crippen LogP contribution in [0.25, 0.3) is 0 Å². The average Bonchev–Trinajstić information content (AvgIpc) is 2.82. The second-order valence-electron chi connectivity index (χ2n) is 5.45. The molecular formula is C13H26. The molecule has 0 aromatic heterocycles. The fraction of sp³-hybridized carbons (Fsp3) is 1.00. The molecule has 0 aromatic carbocycles. The van der Waals surface area contributed by atoms with Crippen LogP contribution in [0.4, 0.5) is 0 Å². The van der Waals surface area contributed by atoms with Crippen molar-refractivity contribution in [2.45, 2.75) is 72.1 Å². The summed E-state index contributed by atoms with van der Waals surface area (Å²) in [4.78, 5) is 0. The van der Waals surface area contributed by atoms with Gasteiger partial charge in [-0.2, -0.15) is 0 Å². The lowest BCUT2D eigenvalue weighted by Crippen LogP contribution is -2.00. The summed E-state index contributed by atoms with van der Waals surface area (Å²) in [6.07, 6.45) is 11.7. The van der Waals surface area contributed by atoms with Gasteiger partial charge < -0.3 is 0 Å². The molecular weight excluding hydrogens is 156 g/mol. The van der Waals surface area contributed by atoms with E-state index in [1.165, 1.54) is 51.4 Å². The molecule has 1 aliphatic rings. The van der Waals surface area contributed by atoms with Crippen molar-refractivity contribution in [2.75, 3.05) is 0 Å². The maximum atomic E-state index is 2.45. The zero-order chi connectivity index (χ0) is 9.73. The van der Waals surface area contributed by atoms with Crippen LogP contribution in [0.1, 0.15) is 72.1 Å². The predicted molar refractivity (Wildman–Crippen MR) is 59.9 cm³/mol. The summed E-state index contributed by atoms with van der Waals surface area (Å²) in [6.45, 7) is 7.17. The van der Waals surface area contributed by atoms with Crippen LogP contribution in [0.15, 0.2) is 0 Å². The van der Waals surface area contributed by atoms with Gasteiger partial charge in [-0.15, -0.1) is 0 Å². The largest absolute Gasteiger partial charge is 0.0654 e. The standard InChI is InChI=1S/C13H26/c1-4-5-6-7-12(2)8-9-13(3)10-11-13/h12H,4-11H2,1-3H3. The Morgan fingerprint density at radius 2 is 1.85 bits per heavy atom. The maximum absolute atomic E-state index is 2.45. The topological polar surface area (TPSA) is 0 Å². The fourth-order valence-corrected chi connectivity index (χ4v) is 1.95. The normalized spacial score (nSPS) is 21.5. The lowest BCUT2D eigenvalue weighted by molar-refractivity contribution is 0.390. The van der Waals surface area contributed by atoms with E-state index in [2.05, 4.69) is 20.8 Å². The first-order chi connectivity index (χ1) is 6.16. The second kappa shape index (κ2) is 5.02. The van der Waals surface area contributed by atoms with Crippen molar-refractivity contribution in [3.8, 4) is 0 Å². The molecule has 13 heavy (non-hydrogen) atoms. The van der Waals surface area contributed by atoms with Crippen LogP contribution in [-0.4, -0.2) is 0 Å². The van der Waals surface area contributed by atoms with Crippen molar-refractivity contribution in [1.82, 2.24) is 0 Å². The van der Waals surface area contributed by atoms with E-state index in [-0.39, 0.29) is 0 Å². The Labute approximate surface area is 84.1 Å². The minimum Gasteiger partial charge on any atom is -0.0654 e. The van der Waals surface area contributed by atoms with E-state index in [1.807, 2.05) is 0 Å². The molecule has 0 aromatic rings. The number of hydrogen-bond donors (Lipinski definition) is 0. The van der Waals surface area contributed by atoms with Crippen LogP contribution in [0, 0.1) is 11.3 Å². The highest BCUT2D eigenvalue weighted by molar-refractivity contribution is 4.88. The molecule has 0 N–H and O–H groups in total. The van der Waals surface area contributed by atoms with Gasteiger partial charge in [0.1, 0.15) is 0 Å². The first-order valence-corrected chi connectivity index (χ1v) is 6.16. The van der Waals surface area contributed by atoms with Crippen LogP contribution in [0.3, 0.4) is 0 Å². The van der Waals surface area contributed by atoms with Crippen LogP contribution < -0.4 is 0 Å². The number of hydrogen-bond acceptors (Lipinski definition) is 0. The third kappa shape index (κ3) is 4.69. The van der Waals surface area contributed by atoms with E-state index in [1.54, 1.807) is 0 Å². The zero-order valence-electron chi connectivity index (χ0n) is 9.73. The average molecular weight is 182 g/mol. The van der Waals surface area contributed by atoms with Crippen molar-refractivity contribution >= 4 is 0 Å². The number of rotatable bonds is 7. The Hall–Kier alpha value is 0. The second-order valence-corrected chi connectivity index (χ2v) is 5.45. The van der Waals surface area contributed by atoms with Crippen molar-refractivity contribution in [3.63, 3.8) is 0 Å². The Bertz CT molecular complexity index is 133. The molecule has 0 bridgehead atoms. The molecule has 1 unspecified atom stereocenters. The van der Waals surface area contributed by atoms with Crippen LogP contribution in [-0.2, 0) is 0 Å². The fourth-order valence-electron chi connectivity index (χ4n) is 1.95. The highest BCUT2D eigenvalue weighted by Crippen LogP contribution is 2.49. The highest BCUT2D eigenvalue weighted by Gasteiger charge is 2.36. The molecule has 0 nitrogen and oxygen atoms in total. The molecule has 0 spiro atoms. The third-order valence-corrected chi connectivity index (χ3v) is 3.64. The van der Waals surface area contributed by atoms with E-state index in [4.69, 9.17) is 0 Å². The molecule has 78 valence electrons. The maximum Gasteiger partial charge on any atom is -0.0325 e. The predicted octanol–water partition coefficient (Wildman–Crippen LogP) is 4.78. The molecule has 0 radical (unpaired) electrons. The summed E-state index contributed by atoms with van der Waals surface area (Å²) < 4.78 is 0. The summed E-state index contributed by atoms with van der Waals surface area (Å²) in [7, 11) is 0. The zero-order valence-corrected chi connectivity index (χ0v) is 9.73. The molecule has 0 amide bonds. The van der Waals surface area contributed by atoms with Crippen molar-refractivity contribution in [2.24, 2.45) is 11.3 Å². The van der Waals surface area contributed by atoms with Crippen molar-refractivity contribution in [3.05, 3.63) is 0 Å². The Kier molecular flexibility index (Phi) is 4.28. The first-order valence-electron chi connectivity index (χ1n) is 6.16. The Morgan fingerprint density at radius 1 is 1.15 bits per heavy atom. The summed E-state index contributed by atoms with van der Waals surface area (Å²) in [5, 5.41) is 0. The van der Waals surface area contributed by atoms with E-state index in [0.29, 0.717) is 0 Å². The Morgan fingerprint density at radius 3 is 2.38 bits per heavy atom. The summed E-state index contributed by atoms with van der Waals surface area (Å²) in [5.41, 5.74) is 0.777. The minimum absolute atomic E-state index is 0.777. The van der Waals surface area contributed by atoms with E-state index >= 15 is 0 Å². The van der Waals surface area contributed by atoms with Gasteiger partial charge in [0.15, 0.2) is 0 Å². The van der Waals surface area contributed by atoms with E-state index < -0.39 is 0 Å². The van der Waals surface area contributed by atoms with Gasteiger partial charge in [0.05, 0.1) is 0 Å². The third-order valence-electron chi connectivity index (χ3n) is 3.64. The molecule has 0 heterocycles. The van der Waals surface area contributed by atoms with Crippen molar-refractivity contribution in [1.29, 1.82) is 0 Å². The van der Waals surface area contributed by atoms with Crippen LogP contribution >= 0.6 is 0 Å². The smallest absolute Gasteiger partial charge is 0.0325 e. The van der Waals surface area contributed by atoms with Gasteiger partial charge in [-0.25, -0.2) is 0 Å². The molecule has 1 rings (SSSR count). The molecule has 0 aliphatic heterocycles. The van der Waals surface area contributed by atoms with Gasteiger partial charge in [-0.1, -0.05) is 52.9 Å². The van der Waals surface area contributed by atoms with Gasteiger partial charge in [-0.05, 0) is 30.6 Å². The monoisotopic (exact) mass is 182 g/mol. The van der Waals surface area contributed by atoms with Gasteiger partial charge in [0.25, 0.3) is 0 Å². The SMILES string of the molecule is CCCCCC(C)CCC1(C)CC1. The summed E-state index contributed by atoms with van der Waals surface area (Å²) in [6, 6.07) is 0. The lowest BCUT2D eigenvalue weighted by atomic mass is 9.92. The van der Waals surface area contributed by atoms with Gasteiger partial charge >= 0.3 is 0 Å². The van der Waals surface area contributed by atoms with Crippen LogP contribution in [0.5, 0.6) is 0 Å². The minimum atomic E-state index is 0.777. The molecule has 1 atom stereocenters. The highest BCUT2D eigenvalue weighted by atomic mass is 14.4. The molecule has 0 heteroatoms. The molecule has 1 fully saturated rings. The van der Waals surface area contributed by atoms with Gasteiger partial charge in [0, 0.05) is 0 Å². The van der Waals surface area contributed by atoms with Gasteiger partial charge in [0.2, 0.25) is 0 Å². The Balaban J connectivity index is 1.94. The van der Waals surface area contributed by atoms with Crippen molar-refractivity contribution < 1.29 is 0 Å². The summed E-state index contributed by atoms with van der Waals surface area (Å²) in [5.74, 6) is 0.976. The van der Waals surface area contributed by atoms with E-state index in [9.17, 15) is 0 Å². The van der Waals surface area contributed by atoms with Crippen LogP contribution in [0.2, 0.25) is 0 Å². The molecule has 1 aliphatic carbocycles. The first kappa shape index (κ1) is 11.1.